The van der Waals surface area contributed by atoms with Crippen LogP contribution in [0.4, 0.5) is 4.79 Å². The second-order valence-corrected chi connectivity index (χ2v) is 8.17. The molecule has 0 saturated heterocycles. The summed E-state index contributed by atoms with van der Waals surface area (Å²) in [5.74, 6) is 0.372. The molecule has 0 bridgehead atoms. The van der Waals surface area contributed by atoms with Crippen LogP contribution in [-0.2, 0) is 16.0 Å². The lowest BCUT2D eigenvalue weighted by Crippen LogP contribution is -2.48. The monoisotopic (exact) mass is 421 g/mol. The number of rotatable bonds is 6. The minimum Gasteiger partial charge on any atom is -0.488 e. The van der Waals surface area contributed by atoms with Gasteiger partial charge in [0.25, 0.3) is 5.91 Å². The van der Waals surface area contributed by atoms with E-state index in [9.17, 15) is 9.59 Å². The molecule has 0 saturated carbocycles. The normalized spacial score (nSPS) is 14.1. The van der Waals surface area contributed by atoms with Crippen LogP contribution in [0.2, 0.25) is 0 Å². The summed E-state index contributed by atoms with van der Waals surface area (Å²) in [6.45, 7) is 5.66. The molecule has 2 aromatic carbocycles. The third kappa shape index (κ3) is 6.99. The molecule has 0 radical (unpaired) electrons. The Labute approximate surface area is 182 Å². The van der Waals surface area contributed by atoms with Crippen molar-refractivity contribution in [2.45, 2.75) is 38.8 Å². The lowest BCUT2D eigenvalue weighted by atomic mass is 10.1. The van der Waals surface area contributed by atoms with Crippen LogP contribution >= 0.6 is 0 Å². The van der Waals surface area contributed by atoms with E-state index in [0.29, 0.717) is 13.0 Å². The van der Waals surface area contributed by atoms with Crippen LogP contribution in [0.25, 0.3) is 6.08 Å². The average Bonchev–Trinajstić information content (AvgIpc) is 2.72. The molecule has 3 rings (SSSR count). The van der Waals surface area contributed by atoms with Crippen molar-refractivity contribution in [2.24, 2.45) is 5.10 Å². The average molecular weight is 421 g/mol. The molecule has 162 valence electrons. The second kappa shape index (κ2) is 9.93. The van der Waals surface area contributed by atoms with Gasteiger partial charge in [-0.25, -0.2) is 10.2 Å². The molecule has 31 heavy (non-hydrogen) atoms. The quantitative estimate of drug-likeness (QED) is 0.550. The number of ether oxygens (including phenoxy) is 2. The first kappa shape index (κ1) is 22.1. The first-order valence-electron chi connectivity index (χ1n) is 10.1. The number of carbonyl (C=O) groups excluding carboxylic acids is 2. The standard InChI is InChI=1S/C24H27N3O4/c1-24(2,3)31-23(29)26-20(14-17-9-5-4-6-10-17)22(28)27-25-15-18-13-19-11-7-8-12-21(19)30-16-18/h4-13,15,20H,14,16H2,1-3H3,(H,26,29)(H,27,28)/b25-15-/t20-/m0/s1. The summed E-state index contributed by atoms with van der Waals surface area (Å²) >= 11 is 0. The van der Waals surface area contributed by atoms with Crippen molar-refractivity contribution in [1.82, 2.24) is 10.7 Å². The molecule has 1 aliphatic rings. The Morgan fingerprint density at radius 1 is 1.13 bits per heavy atom. The van der Waals surface area contributed by atoms with Crippen molar-refractivity contribution in [3.63, 3.8) is 0 Å². The third-order valence-electron chi connectivity index (χ3n) is 4.35. The molecule has 0 fully saturated rings. The van der Waals surface area contributed by atoms with Gasteiger partial charge in [0, 0.05) is 17.6 Å². The summed E-state index contributed by atoms with van der Waals surface area (Å²) in [6, 6.07) is 16.3. The van der Waals surface area contributed by atoms with Crippen LogP contribution in [0, 0.1) is 0 Å². The number of carbonyl (C=O) groups is 2. The number of hydrogen-bond acceptors (Lipinski definition) is 5. The van der Waals surface area contributed by atoms with Gasteiger partial charge in [0.05, 0.1) is 6.21 Å². The van der Waals surface area contributed by atoms with E-state index in [1.807, 2.05) is 60.7 Å². The summed E-state index contributed by atoms with van der Waals surface area (Å²) < 4.78 is 11.0. The number of nitrogens with one attached hydrogen (secondary N) is 2. The van der Waals surface area contributed by atoms with Crippen LogP contribution in [0.3, 0.4) is 0 Å². The Bertz CT molecular complexity index is 978. The zero-order chi connectivity index (χ0) is 22.3. The van der Waals surface area contributed by atoms with E-state index in [-0.39, 0.29) is 0 Å². The highest BCUT2D eigenvalue weighted by atomic mass is 16.6. The molecular weight excluding hydrogens is 394 g/mol. The minimum absolute atomic E-state index is 0.306. The molecule has 1 aliphatic heterocycles. The summed E-state index contributed by atoms with van der Waals surface area (Å²) in [5.41, 5.74) is 4.52. The van der Waals surface area contributed by atoms with Gasteiger partial charge < -0.3 is 14.8 Å². The molecule has 1 atom stereocenters. The first-order valence-corrected chi connectivity index (χ1v) is 10.1. The Kier molecular flexibility index (Phi) is 7.07. The fourth-order valence-corrected chi connectivity index (χ4v) is 2.97. The molecular formula is C24H27N3O4. The van der Waals surface area contributed by atoms with E-state index in [2.05, 4.69) is 15.8 Å². The Morgan fingerprint density at radius 2 is 1.84 bits per heavy atom. The second-order valence-electron chi connectivity index (χ2n) is 8.17. The van der Waals surface area contributed by atoms with Gasteiger partial charge in [-0.2, -0.15) is 5.10 Å². The van der Waals surface area contributed by atoms with Gasteiger partial charge >= 0.3 is 6.09 Å². The molecule has 0 aliphatic carbocycles. The lowest BCUT2D eigenvalue weighted by molar-refractivity contribution is -0.123. The fraction of sp³-hybridized carbons (Fsp3) is 0.292. The van der Waals surface area contributed by atoms with Crippen molar-refractivity contribution >= 4 is 24.3 Å². The van der Waals surface area contributed by atoms with Crippen molar-refractivity contribution < 1.29 is 19.1 Å². The molecule has 0 spiro atoms. The maximum absolute atomic E-state index is 12.7. The van der Waals surface area contributed by atoms with Gasteiger partial charge in [0.1, 0.15) is 24.0 Å². The van der Waals surface area contributed by atoms with E-state index in [1.54, 1.807) is 27.0 Å². The van der Waals surface area contributed by atoms with Gasteiger partial charge in [-0.05, 0) is 38.5 Å². The van der Waals surface area contributed by atoms with Gasteiger partial charge in [0.2, 0.25) is 0 Å². The van der Waals surface area contributed by atoms with Crippen LogP contribution in [0.5, 0.6) is 5.75 Å². The van der Waals surface area contributed by atoms with Crippen LogP contribution < -0.4 is 15.5 Å². The van der Waals surface area contributed by atoms with Gasteiger partial charge in [-0.3, -0.25) is 4.79 Å². The van der Waals surface area contributed by atoms with Gasteiger partial charge in [-0.1, -0.05) is 48.5 Å². The van der Waals surface area contributed by atoms with Gasteiger partial charge in [-0.15, -0.1) is 0 Å². The zero-order valence-electron chi connectivity index (χ0n) is 17.9. The van der Waals surface area contributed by atoms with E-state index < -0.39 is 23.6 Å². The number of hydrogen-bond donors (Lipinski definition) is 2. The van der Waals surface area contributed by atoms with Crippen molar-refractivity contribution in [2.75, 3.05) is 6.61 Å². The summed E-state index contributed by atoms with van der Waals surface area (Å²) in [4.78, 5) is 25.0. The van der Waals surface area contributed by atoms with Crippen molar-refractivity contribution in [3.8, 4) is 5.75 Å². The lowest BCUT2D eigenvalue weighted by Gasteiger charge is -2.23. The van der Waals surface area contributed by atoms with E-state index in [4.69, 9.17) is 9.47 Å². The maximum atomic E-state index is 12.7. The Hall–Kier alpha value is -3.61. The molecule has 2 N–H and O–H groups in total. The van der Waals surface area contributed by atoms with E-state index >= 15 is 0 Å². The van der Waals surface area contributed by atoms with Crippen molar-refractivity contribution in [3.05, 3.63) is 71.3 Å². The highest BCUT2D eigenvalue weighted by Crippen LogP contribution is 2.24. The summed E-state index contributed by atoms with van der Waals surface area (Å²) in [5, 5.41) is 6.68. The topological polar surface area (TPSA) is 89.0 Å². The number of amides is 2. The maximum Gasteiger partial charge on any atom is 0.408 e. The molecule has 0 aromatic heterocycles. The van der Waals surface area contributed by atoms with Crippen LogP contribution in [0.1, 0.15) is 31.9 Å². The summed E-state index contributed by atoms with van der Waals surface area (Å²) in [7, 11) is 0. The highest BCUT2D eigenvalue weighted by molar-refractivity contribution is 5.90. The molecule has 2 amide bonds. The van der Waals surface area contributed by atoms with Crippen LogP contribution in [-0.4, -0.2) is 36.5 Å². The number of fused-ring (bicyclic) bond motifs is 1. The zero-order valence-corrected chi connectivity index (χ0v) is 17.9. The first-order chi connectivity index (χ1) is 14.8. The largest absolute Gasteiger partial charge is 0.488 e. The fourth-order valence-electron chi connectivity index (χ4n) is 2.97. The molecule has 0 unspecified atom stereocenters. The minimum atomic E-state index is -0.841. The number of benzene rings is 2. The van der Waals surface area contributed by atoms with E-state index in [1.165, 1.54) is 0 Å². The number of para-hydroxylation sites is 1. The predicted molar refractivity (Wildman–Crippen MR) is 120 cm³/mol. The highest BCUT2D eigenvalue weighted by Gasteiger charge is 2.24. The number of nitrogens with zero attached hydrogens (tertiary/aromatic N) is 1. The molecule has 1 heterocycles. The Balaban J connectivity index is 1.65. The third-order valence-corrected chi connectivity index (χ3v) is 4.35. The van der Waals surface area contributed by atoms with Crippen LogP contribution in [0.15, 0.2) is 65.3 Å². The molecule has 7 heteroatoms. The number of alkyl carbamates (subject to hydrolysis) is 1. The number of hydrazone groups is 1. The summed E-state index contributed by atoms with van der Waals surface area (Å²) in [6.07, 6.45) is 3.14. The Morgan fingerprint density at radius 3 is 2.58 bits per heavy atom. The van der Waals surface area contributed by atoms with E-state index in [0.717, 1.165) is 22.4 Å². The van der Waals surface area contributed by atoms with Crippen molar-refractivity contribution in [1.29, 1.82) is 0 Å². The predicted octanol–water partition coefficient (Wildman–Crippen LogP) is 3.70. The van der Waals surface area contributed by atoms with Gasteiger partial charge in [0.15, 0.2) is 0 Å². The molecule has 2 aromatic rings. The SMILES string of the molecule is CC(C)(C)OC(=O)N[C@@H](Cc1ccccc1)C(=O)N/N=C\C1=Cc2ccccc2OC1. The smallest absolute Gasteiger partial charge is 0.408 e. The molecule has 7 nitrogen and oxygen atoms in total.